The number of nitriles is 1. The molecule has 1 fully saturated rings. The number of hydrogen-bond donors (Lipinski definition) is 1. The van der Waals surface area contributed by atoms with Crippen LogP contribution in [0.3, 0.4) is 0 Å². The van der Waals surface area contributed by atoms with Gasteiger partial charge in [-0.25, -0.2) is 0 Å². The van der Waals surface area contributed by atoms with Gasteiger partial charge in [0.2, 0.25) is 0 Å². The lowest BCUT2D eigenvalue weighted by Crippen LogP contribution is -2.21. The molecule has 0 amide bonds. The van der Waals surface area contributed by atoms with Crippen LogP contribution in [-0.2, 0) is 10.2 Å². The van der Waals surface area contributed by atoms with Gasteiger partial charge < -0.3 is 9.55 Å². The number of pyridine rings is 1. The molecule has 0 saturated heterocycles. The van der Waals surface area contributed by atoms with Crippen molar-refractivity contribution in [2.45, 2.75) is 37.1 Å². The minimum Gasteiger partial charge on any atom is -0.340 e. The Hall–Kier alpha value is -3.96. The molecule has 0 unspecified atom stereocenters. The summed E-state index contributed by atoms with van der Waals surface area (Å²) in [6.45, 7) is 1.86. The first kappa shape index (κ1) is 21.6. The van der Waals surface area contributed by atoms with Crippen LogP contribution >= 0.6 is 0 Å². The van der Waals surface area contributed by atoms with Crippen molar-refractivity contribution >= 4 is 43.1 Å². The van der Waals surface area contributed by atoms with Crippen molar-refractivity contribution in [2.75, 3.05) is 0 Å². The van der Waals surface area contributed by atoms with E-state index < -0.39 is 15.1 Å². The van der Waals surface area contributed by atoms with Gasteiger partial charge in [-0.1, -0.05) is 18.2 Å². The van der Waals surface area contributed by atoms with Gasteiger partial charge in [0, 0.05) is 22.3 Å². The number of halogens is 1. The molecule has 2 heterocycles. The minimum absolute atomic E-state index is 0.101. The number of nitrogens with one attached hydrogen (secondary N) is 1. The lowest BCUT2D eigenvalue weighted by molar-refractivity contribution is 0.327. The second-order valence-electron chi connectivity index (χ2n) is 9.15. The van der Waals surface area contributed by atoms with E-state index in [0.29, 0.717) is 27.5 Å². The Morgan fingerprint density at radius 3 is 2.57 bits per heavy atom. The molecule has 6 rings (SSSR count). The average molecular weight is 486 g/mol. The van der Waals surface area contributed by atoms with E-state index in [1.165, 1.54) is 18.2 Å². The van der Waals surface area contributed by atoms with Gasteiger partial charge in [0.25, 0.3) is 0 Å². The van der Waals surface area contributed by atoms with E-state index in [4.69, 9.17) is 0 Å². The number of aryl methyl sites for hydroxylation is 1. The van der Waals surface area contributed by atoms with Crippen molar-refractivity contribution in [1.29, 1.82) is 5.26 Å². The molecule has 1 N–H and O–H groups in total. The summed E-state index contributed by atoms with van der Waals surface area (Å²) in [5.74, 6) is 0. The molecule has 3 aromatic carbocycles. The molecule has 35 heavy (non-hydrogen) atoms. The van der Waals surface area contributed by atoms with Crippen LogP contribution in [-0.4, -0.2) is 18.0 Å². The van der Waals surface area contributed by atoms with Crippen molar-refractivity contribution in [3.8, 4) is 17.2 Å². The standard InChI is InChI=1S/C27H20FN3O3S/c1-15-10-22-24(13-21(15)17-4-2-7-19(12-17)35(28,33)34)31(18-5-3-6-18)27-25(26(22)32)20-9-8-16(14-29)11-23(20)30-27/h2,4,7-13,18,30H,3,5-6H2,1H3. The van der Waals surface area contributed by atoms with E-state index in [1.807, 2.05) is 25.1 Å². The molecule has 174 valence electrons. The van der Waals surface area contributed by atoms with Gasteiger partial charge in [-0.05, 0) is 79.3 Å². The Labute approximate surface area is 200 Å². The highest BCUT2D eigenvalue weighted by atomic mass is 32.3. The molecule has 0 aliphatic heterocycles. The number of fused-ring (bicyclic) bond motifs is 4. The number of aromatic nitrogens is 2. The van der Waals surface area contributed by atoms with Gasteiger partial charge >= 0.3 is 10.2 Å². The van der Waals surface area contributed by atoms with Crippen molar-refractivity contribution < 1.29 is 12.3 Å². The maximum Gasteiger partial charge on any atom is 0.332 e. The zero-order chi connectivity index (χ0) is 24.5. The molecule has 5 aromatic rings. The Bertz CT molecular complexity index is 1910. The predicted molar refractivity (Wildman–Crippen MR) is 134 cm³/mol. The smallest absolute Gasteiger partial charge is 0.332 e. The van der Waals surface area contributed by atoms with E-state index in [0.717, 1.165) is 46.8 Å². The summed E-state index contributed by atoms with van der Waals surface area (Å²) < 4.78 is 38.8. The van der Waals surface area contributed by atoms with Crippen LogP contribution in [0.4, 0.5) is 3.89 Å². The fourth-order valence-corrected chi connectivity index (χ4v) is 5.66. The largest absolute Gasteiger partial charge is 0.340 e. The molecule has 6 nitrogen and oxygen atoms in total. The summed E-state index contributed by atoms with van der Waals surface area (Å²) in [5.41, 5.74) is 4.68. The molecule has 0 spiro atoms. The van der Waals surface area contributed by atoms with E-state index >= 15 is 0 Å². The van der Waals surface area contributed by atoms with Crippen LogP contribution in [0.15, 0.2) is 64.3 Å². The van der Waals surface area contributed by atoms with Gasteiger partial charge in [0.1, 0.15) is 5.65 Å². The fraction of sp³-hybridized carbons (Fsp3) is 0.185. The van der Waals surface area contributed by atoms with Gasteiger partial charge in [-0.3, -0.25) is 4.79 Å². The molecule has 2 aromatic heterocycles. The first-order valence-electron chi connectivity index (χ1n) is 11.4. The van der Waals surface area contributed by atoms with Gasteiger partial charge in [-0.15, -0.1) is 3.89 Å². The zero-order valence-corrected chi connectivity index (χ0v) is 19.6. The maximum absolute atomic E-state index is 13.8. The number of hydrogen-bond acceptors (Lipinski definition) is 4. The minimum atomic E-state index is -4.84. The third kappa shape index (κ3) is 3.27. The number of rotatable bonds is 3. The molecule has 0 atom stereocenters. The molecule has 0 bridgehead atoms. The summed E-state index contributed by atoms with van der Waals surface area (Å²) in [4.78, 5) is 16.7. The second kappa shape index (κ2) is 7.52. The van der Waals surface area contributed by atoms with E-state index in [2.05, 4.69) is 15.6 Å². The maximum atomic E-state index is 13.8. The highest BCUT2D eigenvalue weighted by Crippen LogP contribution is 2.39. The normalized spacial score (nSPS) is 14.4. The van der Waals surface area contributed by atoms with Crippen LogP contribution in [0.25, 0.3) is 44.0 Å². The van der Waals surface area contributed by atoms with E-state index in [-0.39, 0.29) is 11.5 Å². The third-order valence-electron chi connectivity index (χ3n) is 7.09. The SMILES string of the molecule is Cc1cc2c(=O)c3c4ccc(C#N)cc4[nH]c3n(C3CCC3)c2cc1-c1cccc(S(=O)(=O)F)c1. The second-order valence-corrected chi connectivity index (χ2v) is 10.5. The third-order valence-corrected chi connectivity index (χ3v) is 7.91. The number of H-pyrrole nitrogens is 1. The van der Waals surface area contributed by atoms with Crippen LogP contribution in [0.5, 0.6) is 0 Å². The number of benzene rings is 3. The van der Waals surface area contributed by atoms with Crippen LogP contribution in [0.2, 0.25) is 0 Å². The van der Waals surface area contributed by atoms with E-state index in [1.54, 1.807) is 18.2 Å². The first-order chi connectivity index (χ1) is 16.8. The Morgan fingerprint density at radius 1 is 1.09 bits per heavy atom. The molecule has 8 heteroatoms. The molecular formula is C27H20FN3O3S. The van der Waals surface area contributed by atoms with Crippen molar-refractivity contribution in [3.05, 3.63) is 75.9 Å². The molecule has 1 aliphatic carbocycles. The highest BCUT2D eigenvalue weighted by Gasteiger charge is 2.26. The summed E-state index contributed by atoms with van der Waals surface area (Å²) >= 11 is 0. The molecule has 0 radical (unpaired) electrons. The molecule has 1 aliphatic rings. The van der Waals surface area contributed by atoms with Crippen molar-refractivity contribution in [1.82, 2.24) is 9.55 Å². The highest BCUT2D eigenvalue weighted by molar-refractivity contribution is 7.86. The first-order valence-corrected chi connectivity index (χ1v) is 12.7. The quantitative estimate of drug-likeness (QED) is 0.324. The molecular weight excluding hydrogens is 465 g/mol. The molecule has 1 saturated carbocycles. The summed E-state index contributed by atoms with van der Waals surface area (Å²) in [6.07, 6.45) is 3.04. The lowest BCUT2D eigenvalue weighted by atomic mass is 9.91. The van der Waals surface area contributed by atoms with Crippen molar-refractivity contribution in [2.24, 2.45) is 0 Å². The zero-order valence-electron chi connectivity index (χ0n) is 18.8. The van der Waals surface area contributed by atoms with Crippen molar-refractivity contribution in [3.63, 3.8) is 0 Å². The van der Waals surface area contributed by atoms with Gasteiger partial charge in [0.15, 0.2) is 5.43 Å². The predicted octanol–water partition coefficient (Wildman–Crippen LogP) is 5.87. The van der Waals surface area contributed by atoms with Crippen LogP contribution < -0.4 is 5.43 Å². The van der Waals surface area contributed by atoms with E-state index in [9.17, 15) is 22.4 Å². The lowest BCUT2D eigenvalue weighted by Gasteiger charge is -2.31. The Kier molecular flexibility index (Phi) is 4.63. The van der Waals surface area contributed by atoms with Crippen LogP contribution in [0, 0.1) is 18.3 Å². The monoisotopic (exact) mass is 485 g/mol. The fourth-order valence-electron chi connectivity index (χ4n) is 5.15. The van der Waals surface area contributed by atoms with Gasteiger partial charge in [-0.2, -0.15) is 13.7 Å². The topological polar surface area (TPSA) is 95.7 Å². The Morgan fingerprint density at radius 2 is 1.89 bits per heavy atom. The average Bonchev–Trinajstić information content (AvgIpc) is 3.18. The summed E-state index contributed by atoms with van der Waals surface area (Å²) in [5, 5.41) is 11.3. The number of aromatic amines is 1. The van der Waals surface area contributed by atoms with Gasteiger partial charge in [0.05, 0.1) is 27.4 Å². The summed E-state index contributed by atoms with van der Waals surface area (Å²) in [6, 6.07) is 17.2. The number of nitrogens with zero attached hydrogens (tertiary/aromatic N) is 2. The Balaban J connectivity index is 1.72. The summed E-state index contributed by atoms with van der Waals surface area (Å²) in [7, 11) is -4.84. The van der Waals surface area contributed by atoms with Crippen LogP contribution in [0.1, 0.15) is 36.4 Å².